The number of pyridine rings is 1. The molecule has 4 nitrogen and oxygen atoms in total. The van der Waals surface area contributed by atoms with E-state index in [1.165, 1.54) is 0 Å². The second-order valence-corrected chi connectivity index (χ2v) is 3.88. The van der Waals surface area contributed by atoms with E-state index in [4.69, 9.17) is 5.11 Å². The fraction of sp³-hybridized carbons (Fsp3) is 0.455. The van der Waals surface area contributed by atoms with Gasteiger partial charge in [0, 0.05) is 18.8 Å². The Labute approximate surface area is 88.6 Å². The molecule has 4 heteroatoms. The van der Waals surface area contributed by atoms with Crippen LogP contribution in [0.1, 0.15) is 13.3 Å². The number of aliphatic carboxylic acids is 1. The molecule has 0 radical (unpaired) electrons. The van der Waals surface area contributed by atoms with Gasteiger partial charge in [0.2, 0.25) is 0 Å². The molecule has 0 bridgehead atoms. The van der Waals surface area contributed by atoms with Gasteiger partial charge in [-0.15, -0.1) is 0 Å². The Bertz CT molecular complexity index is 353. The molecule has 2 unspecified atom stereocenters. The molecule has 80 valence electrons. The summed E-state index contributed by atoms with van der Waals surface area (Å²) in [5, 5.41) is 9.01. The van der Waals surface area contributed by atoms with Gasteiger partial charge in [0.1, 0.15) is 0 Å². The third-order valence-electron chi connectivity index (χ3n) is 3.05. The maximum atomic E-state index is 10.9. The van der Waals surface area contributed by atoms with Crippen molar-refractivity contribution in [2.75, 3.05) is 11.4 Å². The molecule has 1 aliphatic rings. The van der Waals surface area contributed by atoms with Crippen LogP contribution in [0.4, 0.5) is 5.69 Å². The zero-order valence-corrected chi connectivity index (χ0v) is 8.63. The van der Waals surface area contributed by atoms with Crippen LogP contribution >= 0.6 is 0 Å². The van der Waals surface area contributed by atoms with Crippen LogP contribution in [0.15, 0.2) is 24.5 Å². The Morgan fingerprint density at radius 3 is 3.00 bits per heavy atom. The van der Waals surface area contributed by atoms with E-state index in [0.29, 0.717) is 6.42 Å². The van der Waals surface area contributed by atoms with Crippen molar-refractivity contribution < 1.29 is 9.90 Å². The van der Waals surface area contributed by atoms with Crippen molar-refractivity contribution in [2.45, 2.75) is 19.4 Å². The van der Waals surface area contributed by atoms with Gasteiger partial charge in [-0.05, 0) is 25.5 Å². The lowest BCUT2D eigenvalue weighted by Gasteiger charge is -2.24. The molecule has 1 saturated heterocycles. The van der Waals surface area contributed by atoms with Gasteiger partial charge < -0.3 is 10.0 Å². The van der Waals surface area contributed by atoms with Crippen molar-refractivity contribution in [1.29, 1.82) is 0 Å². The number of rotatable bonds is 2. The van der Waals surface area contributed by atoms with Crippen LogP contribution in [0, 0.1) is 5.92 Å². The van der Waals surface area contributed by atoms with Gasteiger partial charge in [-0.3, -0.25) is 9.78 Å². The van der Waals surface area contributed by atoms with Gasteiger partial charge in [0.15, 0.2) is 0 Å². The fourth-order valence-electron chi connectivity index (χ4n) is 2.16. The Balaban J connectivity index is 2.17. The average Bonchev–Trinajstić information content (AvgIpc) is 2.61. The lowest BCUT2D eigenvalue weighted by atomic mass is 10.0. The van der Waals surface area contributed by atoms with Crippen LogP contribution in [-0.2, 0) is 4.79 Å². The van der Waals surface area contributed by atoms with Crippen molar-refractivity contribution in [3.05, 3.63) is 24.5 Å². The molecule has 2 heterocycles. The molecular weight excluding hydrogens is 192 g/mol. The number of hydrogen-bond donors (Lipinski definition) is 1. The minimum Gasteiger partial charge on any atom is -0.481 e. The summed E-state index contributed by atoms with van der Waals surface area (Å²) in [5.41, 5.74) is 1.01. The van der Waals surface area contributed by atoms with E-state index in [2.05, 4.69) is 9.88 Å². The second-order valence-electron chi connectivity index (χ2n) is 3.88. The molecule has 1 aliphatic heterocycles. The van der Waals surface area contributed by atoms with Gasteiger partial charge >= 0.3 is 5.97 Å². The molecule has 15 heavy (non-hydrogen) atoms. The van der Waals surface area contributed by atoms with Crippen molar-refractivity contribution in [3.63, 3.8) is 0 Å². The minimum absolute atomic E-state index is 0.0479. The number of nitrogens with zero attached hydrogens (tertiary/aromatic N) is 2. The Morgan fingerprint density at radius 2 is 2.47 bits per heavy atom. The fourth-order valence-corrected chi connectivity index (χ4v) is 2.16. The molecule has 0 amide bonds. The number of hydrogen-bond acceptors (Lipinski definition) is 3. The van der Waals surface area contributed by atoms with E-state index < -0.39 is 5.97 Å². The van der Waals surface area contributed by atoms with Gasteiger partial charge in [-0.25, -0.2) is 0 Å². The molecule has 2 atom stereocenters. The van der Waals surface area contributed by atoms with E-state index in [-0.39, 0.29) is 12.0 Å². The summed E-state index contributed by atoms with van der Waals surface area (Å²) in [5.74, 6) is -0.959. The van der Waals surface area contributed by atoms with Crippen LogP contribution in [-0.4, -0.2) is 28.6 Å². The molecule has 0 aliphatic carbocycles. The highest BCUT2D eigenvalue weighted by Gasteiger charge is 2.35. The van der Waals surface area contributed by atoms with Crippen molar-refractivity contribution in [2.24, 2.45) is 5.92 Å². The molecule has 1 fully saturated rings. The van der Waals surface area contributed by atoms with E-state index in [9.17, 15) is 4.79 Å². The number of aromatic nitrogens is 1. The first kappa shape index (κ1) is 9.96. The molecule has 1 aromatic heterocycles. The molecular formula is C11H14N2O2. The van der Waals surface area contributed by atoms with E-state index in [1.807, 2.05) is 19.1 Å². The summed E-state index contributed by atoms with van der Waals surface area (Å²) in [6.07, 6.45) is 4.21. The molecule has 2 rings (SSSR count). The topological polar surface area (TPSA) is 53.4 Å². The number of carbonyl (C=O) groups is 1. The van der Waals surface area contributed by atoms with Crippen molar-refractivity contribution >= 4 is 11.7 Å². The molecule has 0 saturated carbocycles. The summed E-state index contributed by atoms with van der Waals surface area (Å²) >= 11 is 0. The van der Waals surface area contributed by atoms with Crippen molar-refractivity contribution in [1.82, 2.24) is 4.98 Å². The number of carboxylic acids is 1. The monoisotopic (exact) mass is 206 g/mol. The standard InChI is InChI=1S/C11H14N2O2/c1-8-10(11(14)15)4-6-13(8)9-3-2-5-12-7-9/h2-3,5,7-8,10H,4,6H2,1H3,(H,14,15). The molecule has 1 aromatic rings. The van der Waals surface area contributed by atoms with Crippen LogP contribution in [0.2, 0.25) is 0 Å². The third-order valence-corrected chi connectivity index (χ3v) is 3.05. The first-order valence-electron chi connectivity index (χ1n) is 5.09. The van der Waals surface area contributed by atoms with E-state index >= 15 is 0 Å². The molecule has 0 aromatic carbocycles. The number of anilines is 1. The van der Waals surface area contributed by atoms with Crippen LogP contribution in [0.5, 0.6) is 0 Å². The predicted molar refractivity (Wildman–Crippen MR) is 56.8 cm³/mol. The maximum Gasteiger partial charge on any atom is 0.308 e. The highest BCUT2D eigenvalue weighted by molar-refractivity contribution is 5.73. The zero-order valence-electron chi connectivity index (χ0n) is 8.63. The zero-order chi connectivity index (χ0) is 10.8. The van der Waals surface area contributed by atoms with E-state index in [0.717, 1.165) is 12.2 Å². The molecule has 0 spiro atoms. The lowest BCUT2D eigenvalue weighted by Crippen LogP contribution is -2.32. The van der Waals surface area contributed by atoms with Gasteiger partial charge in [-0.2, -0.15) is 0 Å². The second kappa shape index (κ2) is 3.88. The Kier molecular flexibility index (Phi) is 2.58. The Morgan fingerprint density at radius 1 is 1.67 bits per heavy atom. The van der Waals surface area contributed by atoms with Crippen LogP contribution < -0.4 is 4.90 Å². The molecule has 1 N–H and O–H groups in total. The van der Waals surface area contributed by atoms with Crippen LogP contribution in [0.25, 0.3) is 0 Å². The maximum absolute atomic E-state index is 10.9. The smallest absolute Gasteiger partial charge is 0.308 e. The normalized spacial score (nSPS) is 25.5. The minimum atomic E-state index is -0.700. The first-order chi connectivity index (χ1) is 7.20. The lowest BCUT2D eigenvalue weighted by molar-refractivity contribution is -0.141. The quantitative estimate of drug-likeness (QED) is 0.794. The summed E-state index contributed by atoms with van der Waals surface area (Å²) in [6, 6.07) is 3.89. The SMILES string of the molecule is CC1C(C(=O)O)CCN1c1cccnc1. The highest BCUT2D eigenvalue weighted by atomic mass is 16.4. The summed E-state index contributed by atoms with van der Waals surface area (Å²) in [4.78, 5) is 17.1. The Hall–Kier alpha value is -1.58. The summed E-state index contributed by atoms with van der Waals surface area (Å²) in [6.45, 7) is 2.75. The van der Waals surface area contributed by atoms with Crippen molar-refractivity contribution in [3.8, 4) is 0 Å². The third kappa shape index (κ3) is 1.79. The van der Waals surface area contributed by atoms with Gasteiger partial charge in [0.25, 0.3) is 0 Å². The predicted octanol–water partition coefficient (Wildman–Crippen LogP) is 1.38. The average molecular weight is 206 g/mol. The summed E-state index contributed by atoms with van der Waals surface area (Å²) < 4.78 is 0. The van der Waals surface area contributed by atoms with Gasteiger partial charge in [-0.1, -0.05) is 0 Å². The summed E-state index contributed by atoms with van der Waals surface area (Å²) in [7, 11) is 0. The number of carboxylic acid groups (broad SMARTS) is 1. The highest BCUT2D eigenvalue weighted by Crippen LogP contribution is 2.28. The van der Waals surface area contributed by atoms with E-state index in [1.54, 1.807) is 12.4 Å². The van der Waals surface area contributed by atoms with Gasteiger partial charge in [0.05, 0.1) is 17.8 Å². The van der Waals surface area contributed by atoms with Crippen LogP contribution in [0.3, 0.4) is 0 Å². The first-order valence-corrected chi connectivity index (χ1v) is 5.09. The largest absolute Gasteiger partial charge is 0.481 e.